The van der Waals surface area contributed by atoms with Crippen LogP contribution < -0.4 is 9.47 Å². The van der Waals surface area contributed by atoms with E-state index in [1.165, 1.54) is 0 Å². The maximum absolute atomic E-state index is 5.87. The predicted octanol–water partition coefficient (Wildman–Crippen LogP) is 3.64. The molecule has 0 aliphatic carbocycles. The van der Waals surface area contributed by atoms with Crippen molar-refractivity contribution in [2.45, 2.75) is 26.9 Å². The van der Waals surface area contributed by atoms with Crippen LogP contribution in [0.2, 0.25) is 0 Å². The maximum Gasteiger partial charge on any atom is 0.161 e. The Morgan fingerprint density at radius 3 is 2.65 bits per heavy atom. The summed E-state index contributed by atoms with van der Waals surface area (Å²) >= 11 is 3.59. The molecular weight excluding hydrogens is 320 g/mol. The average molecular weight is 339 g/mol. The molecule has 1 heterocycles. The molecule has 108 valence electrons. The summed E-state index contributed by atoms with van der Waals surface area (Å²) in [5.41, 5.74) is 3.20. The fourth-order valence-electron chi connectivity index (χ4n) is 2.02. The topological polar surface area (TPSA) is 36.3 Å². The van der Waals surface area contributed by atoms with Gasteiger partial charge in [0.25, 0.3) is 0 Å². The van der Waals surface area contributed by atoms with Crippen LogP contribution in [0.5, 0.6) is 11.5 Å². The lowest BCUT2D eigenvalue weighted by molar-refractivity contribution is 0.275. The molecule has 0 spiro atoms. The minimum absolute atomic E-state index is 0.448. The molecule has 0 bridgehead atoms. The molecule has 0 unspecified atom stereocenters. The second-order valence-corrected chi connectivity index (χ2v) is 5.42. The van der Waals surface area contributed by atoms with Crippen LogP contribution in [0, 0.1) is 6.92 Å². The minimum atomic E-state index is 0.448. The average Bonchev–Trinajstić information content (AvgIpc) is 2.72. The molecule has 1 aromatic heterocycles. The molecule has 0 atom stereocenters. The monoisotopic (exact) mass is 338 g/mol. The minimum Gasteiger partial charge on any atom is -0.493 e. The van der Waals surface area contributed by atoms with Gasteiger partial charge in [-0.3, -0.25) is 4.68 Å². The summed E-state index contributed by atoms with van der Waals surface area (Å²) in [7, 11) is 3.58. The number of nitrogens with zero attached hydrogens (tertiary/aromatic N) is 2. The summed E-state index contributed by atoms with van der Waals surface area (Å²) in [5, 5.41) is 4.46. The number of halogens is 1. The molecule has 0 N–H and O–H groups in total. The first-order valence-electron chi connectivity index (χ1n) is 6.54. The van der Waals surface area contributed by atoms with Crippen LogP contribution in [0.4, 0.5) is 0 Å². The Morgan fingerprint density at radius 2 is 2.05 bits per heavy atom. The van der Waals surface area contributed by atoms with Crippen LogP contribution in [0.15, 0.2) is 22.7 Å². The normalized spacial score (nSPS) is 10.7. The van der Waals surface area contributed by atoms with E-state index < -0.39 is 0 Å². The lowest BCUT2D eigenvalue weighted by Gasteiger charge is -2.11. The molecule has 0 radical (unpaired) electrons. The van der Waals surface area contributed by atoms with Gasteiger partial charge in [0.1, 0.15) is 6.61 Å². The number of ether oxygens (including phenoxy) is 2. The molecule has 1 aromatic carbocycles. The van der Waals surface area contributed by atoms with E-state index in [1.54, 1.807) is 7.11 Å². The van der Waals surface area contributed by atoms with Crippen LogP contribution in [0.1, 0.15) is 23.9 Å². The van der Waals surface area contributed by atoms with E-state index in [-0.39, 0.29) is 0 Å². The van der Waals surface area contributed by atoms with Crippen molar-refractivity contribution in [3.05, 3.63) is 39.6 Å². The second kappa shape index (κ2) is 6.31. The molecular formula is C15H19BrN2O2. The van der Waals surface area contributed by atoms with Gasteiger partial charge in [-0.2, -0.15) is 5.10 Å². The van der Waals surface area contributed by atoms with E-state index >= 15 is 0 Å². The van der Waals surface area contributed by atoms with Crippen LogP contribution in [-0.4, -0.2) is 16.9 Å². The van der Waals surface area contributed by atoms with Gasteiger partial charge in [-0.15, -0.1) is 0 Å². The van der Waals surface area contributed by atoms with Gasteiger partial charge >= 0.3 is 0 Å². The molecule has 0 fully saturated rings. The highest BCUT2D eigenvalue weighted by Gasteiger charge is 2.14. The fourth-order valence-corrected chi connectivity index (χ4v) is 2.75. The van der Waals surface area contributed by atoms with Crippen molar-refractivity contribution in [2.75, 3.05) is 7.11 Å². The summed E-state index contributed by atoms with van der Waals surface area (Å²) in [5.74, 6) is 1.49. The van der Waals surface area contributed by atoms with Crippen molar-refractivity contribution in [2.24, 2.45) is 7.05 Å². The first-order valence-corrected chi connectivity index (χ1v) is 7.33. The van der Waals surface area contributed by atoms with Crippen molar-refractivity contribution >= 4 is 15.9 Å². The molecule has 2 rings (SSSR count). The Labute approximate surface area is 127 Å². The first kappa shape index (κ1) is 14.9. The summed E-state index contributed by atoms with van der Waals surface area (Å²) in [4.78, 5) is 0. The van der Waals surface area contributed by atoms with Gasteiger partial charge in [-0.25, -0.2) is 0 Å². The van der Waals surface area contributed by atoms with Gasteiger partial charge in [0.2, 0.25) is 0 Å². The predicted molar refractivity (Wildman–Crippen MR) is 82.3 cm³/mol. The largest absolute Gasteiger partial charge is 0.493 e. The zero-order valence-electron chi connectivity index (χ0n) is 12.2. The first-order chi connectivity index (χ1) is 9.56. The van der Waals surface area contributed by atoms with Gasteiger partial charge in [0.05, 0.1) is 23.0 Å². The smallest absolute Gasteiger partial charge is 0.161 e. The molecule has 4 nitrogen and oxygen atoms in total. The van der Waals surface area contributed by atoms with Crippen LogP contribution in [0.25, 0.3) is 0 Å². The van der Waals surface area contributed by atoms with Crippen LogP contribution >= 0.6 is 15.9 Å². The second-order valence-electron chi connectivity index (χ2n) is 4.63. The van der Waals surface area contributed by atoms with Crippen molar-refractivity contribution in [1.82, 2.24) is 9.78 Å². The quantitative estimate of drug-likeness (QED) is 0.834. The van der Waals surface area contributed by atoms with Crippen molar-refractivity contribution in [1.29, 1.82) is 0 Å². The van der Waals surface area contributed by atoms with Gasteiger partial charge in [-0.05, 0) is 47.0 Å². The number of methoxy groups -OCH3 is 1. The van der Waals surface area contributed by atoms with E-state index in [4.69, 9.17) is 9.47 Å². The van der Waals surface area contributed by atoms with Crippen LogP contribution in [0.3, 0.4) is 0 Å². The third-order valence-corrected chi connectivity index (χ3v) is 4.10. The molecule has 2 aromatic rings. The molecule has 20 heavy (non-hydrogen) atoms. The molecule has 0 aliphatic heterocycles. The number of benzene rings is 1. The summed E-state index contributed by atoms with van der Waals surface area (Å²) in [6.45, 7) is 4.56. The third kappa shape index (κ3) is 2.98. The number of aryl methyl sites for hydroxylation is 3. The Hall–Kier alpha value is -1.49. The van der Waals surface area contributed by atoms with Gasteiger partial charge in [0.15, 0.2) is 11.5 Å². The summed E-state index contributed by atoms with van der Waals surface area (Å²) in [6, 6.07) is 5.90. The van der Waals surface area contributed by atoms with Crippen molar-refractivity contribution < 1.29 is 9.47 Å². The summed E-state index contributed by atoms with van der Waals surface area (Å²) in [6.07, 6.45) is 0.891. The van der Waals surface area contributed by atoms with E-state index in [0.717, 1.165) is 39.3 Å². The zero-order chi connectivity index (χ0) is 14.7. The molecule has 0 saturated heterocycles. The number of aromatic nitrogens is 2. The summed E-state index contributed by atoms with van der Waals surface area (Å²) < 4.78 is 14.1. The van der Waals surface area contributed by atoms with Crippen molar-refractivity contribution in [3.63, 3.8) is 0 Å². The number of rotatable bonds is 5. The standard InChI is InChI=1S/C15H19BrN2O2/c1-5-11-15(16)12(18(3)17-11)9-20-13-7-6-10(2)8-14(13)19-4/h6-8H,5,9H2,1-4H3. The lowest BCUT2D eigenvalue weighted by atomic mass is 10.2. The van der Waals surface area contributed by atoms with E-state index in [2.05, 4.69) is 28.0 Å². The van der Waals surface area contributed by atoms with E-state index in [1.807, 2.05) is 36.9 Å². The molecule has 0 aliphatic rings. The Bertz CT molecular complexity index is 608. The Kier molecular flexibility index (Phi) is 4.70. The van der Waals surface area contributed by atoms with Crippen molar-refractivity contribution in [3.8, 4) is 11.5 Å². The zero-order valence-corrected chi connectivity index (χ0v) is 13.8. The highest BCUT2D eigenvalue weighted by atomic mass is 79.9. The molecule has 5 heteroatoms. The van der Waals surface area contributed by atoms with Crippen LogP contribution in [-0.2, 0) is 20.1 Å². The number of hydrogen-bond donors (Lipinski definition) is 0. The molecule has 0 amide bonds. The van der Waals surface area contributed by atoms with Gasteiger partial charge in [0, 0.05) is 7.05 Å². The molecule has 0 saturated carbocycles. The Morgan fingerprint density at radius 1 is 1.30 bits per heavy atom. The SMILES string of the molecule is CCc1nn(C)c(COc2ccc(C)cc2OC)c1Br. The highest BCUT2D eigenvalue weighted by Crippen LogP contribution is 2.30. The van der Waals surface area contributed by atoms with E-state index in [0.29, 0.717) is 6.61 Å². The maximum atomic E-state index is 5.87. The third-order valence-electron chi connectivity index (χ3n) is 3.19. The van der Waals surface area contributed by atoms with Gasteiger partial charge < -0.3 is 9.47 Å². The van der Waals surface area contributed by atoms with E-state index in [9.17, 15) is 0 Å². The number of hydrogen-bond acceptors (Lipinski definition) is 3. The lowest BCUT2D eigenvalue weighted by Crippen LogP contribution is -2.04. The Balaban J connectivity index is 2.19. The van der Waals surface area contributed by atoms with Gasteiger partial charge in [-0.1, -0.05) is 13.0 Å². The highest BCUT2D eigenvalue weighted by molar-refractivity contribution is 9.10. The fraction of sp³-hybridized carbons (Fsp3) is 0.400.